The van der Waals surface area contributed by atoms with Gasteiger partial charge in [0.25, 0.3) is 5.91 Å². The number of fused-ring (bicyclic) bond motifs is 1. The average Bonchev–Trinajstić information content (AvgIpc) is 3.35. The molecule has 6 heteroatoms. The van der Waals surface area contributed by atoms with Gasteiger partial charge in [0.05, 0.1) is 19.3 Å². The minimum atomic E-state index is 0.000544. The maximum atomic E-state index is 13.5. The molecule has 1 aliphatic carbocycles. The summed E-state index contributed by atoms with van der Waals surface area (Å²) >= 11 is 0. The normalized spacial score (nSPS) is 26.7. The molecule has 3 fully saturated rings. The topological polar surface area (TPSA) is 69.4 Å². The Labute approximate surface area is 216 Å². The molecular formula is C30H46N4O2. The smallest absolute Gasteiger partial charge is 0.268 e. The van der Waals surface area contributed by atoms with E-state index in [4.69, 9.17) is 4.74 Å². The van der Waals surface area contributed by atoms with E-state index in [0.717, 1.165) is 50.3 Å². The van der Waals surface area contributed by atoms with E-state index in [2.05, 4.69) is 52.6 Å². The van der Waals surface area contributed by atoms with Gasteiger partial charge in [-0.05, 0) is 49.1 Å². The number of nitrogens with zero attached hydrogens (tertiary/aromatic N) is 1. The molecule has 1 spiro atoms. The number of hydrogen-bond donors (Lipinski definition) is 3. The molecule has 3 heterocycles. The fourth-order valence-electron chi connectivity index (χ4n) is 7.16. The Morgan fingerprint density at radius 2 is 1.86 bits per heavy atom. The second-order valence-corrected chi connectivity index (χ2v) is 11.9. The maximum Gasteiger partial charge on any atom is 0.268 e. The van der Waals surface area contributed by atoms with Crippen molar-refractivity contribution in [1.29, 1.82) is 0 Å². The van der Waals surface area contributed by atoms with E-state index in [1.54, 1.807) is 0 Å². The van der Waals surface area contributed by atoms with Crippen molar-refractivity contribution in [1.82, 2.24) is 20.5 Å². The molecule has 1 aromatic carbocycles. The quantitative estimate of drug-likeness (QED) is 0.546. The average molecular weight is 495 g/mol. The van der Waals surface area contributed by atoms with E-state index in [1.807, 2.05) is 6.07 Å². The zero-order chi connectivity index (χ0) is 25.0. The minimum absolute atomic E-state index is 0.000544. The van der Waals surface area contributed by atoms with Crippen LogP contribution in [0.4, 0.5) is 0 Å². The summed E-state index contributed by atoms with van der Waals surface area (Å²) in [6.45, 7) is 9.87. The Morgan fingerprint density at radius 3 is 2.56 bits per heavy atom. The van der Waals surface area contributed by atoms with Crippen LogP contribution in [0.25, 0.3) is 10.9 Å². The Balaban J connectivity index is 1.32. The number of rotatable bonds is 5. The van der Waals surface area contributed by atoms with E-state index >= 15 is 0 Å². The van der Waals surface area contributed by atoms with Crippen molar-refractivity contribution in [2.45, 2.75) is 83.7 Å². The van der Waals surface area contributed by atoms with Crippen molar-refractivity contribution in [3.05, 3.63) is 35.5 Å². The summed E-state index contributed by atoms with van der Waals surface area (Å²) in [5.74, 6) is 0.524. The molecule has 0 radical (unpaired) electrons. The molecule has 1 saturated carbocycles. The van der Waals surface area contributed by atoms with Gasteiger partial charge in [0.1, 0.15) is 5.69 Å². The highest BCUT2D eigenvalue weighted by molar-refractivity contribution is 5.98. The van der Waals surface area contributed by atoms with E-state index < -0.39 is 0 Å². The highest BCUT2D eigenvalue weighted by atomic mass is 16.5. The Bertz CT molecular complexity index is 1000. The first-order valence-corrected chi connectivity index (χ1v) is 14.5. The van der Waals surface area contributed by atoms with Gasteiger partial charge in [-0.1, -0.05) is 63.6 Å². The third-order valence-corrected chi connectivity index (χ3v) is 9.16. The van der Waals surface area contributed by atoms with E-state index in [0.29, 0.717) is 17.0 Å². The van der Waals surface area contributed by atoms with Crippen molar-refractivity contribution < 1.29 is 9.53 Å². The molecule has 2 saturated heterocycles. The number of aromatic nitrogens is 1. The SMILES string of the molecule is Cc1cccc2cc(C(=O)NC(CN3CCOCC3)C3NCC4(CCCCCCCC4)CC3C)[nH]c12. The fourth-order valence-corrected chi connectivity index (χ4v) is 7.16. The number of aromatic amines is 1. The number of aryl methyl sites for hydroxylation is 1. The van der Waals surface area contributed by atoms with E-state index in [1.165, 1.54) is 63.4 Å². The van der Waals surface area contributed by atoms with Crippen LogP contribution in [-0.4, -0.2) is 67.3 Å². The van der Waals surface area contributed by atoms with Gasteiger partial charge in [0.2, 0.25) is 0 Å². The lowest BCUT2D eigenvalue weighted by Gasteiger charge is -2.48. The summed E-state index contributed by atoms with van der Waals surface area (Å²) in [5.41, 5.74) is 3.31. The number of H-pyrrole nitrogens is 1. The van der Waals surface area contributed by atoms with Crippen LogP contribution in [0.3, 0.4) is 0 Å². The number of amides is 1. The van der Waals surface area contributed by atoms with Gasteiger partial charge in [-0.3, -0.25) is 9.69 Å². The molecule has 2 aromatic rings. The Kier molecular flexibility index (Phi) is 8.34. The van der Waals surface area contributed by atoms with Gasteiger partial charge in [-0.15, -0.1) is 0 Å². The number of piperidine rings is 1. The lowest BCUT2D eigenvalue weighted by Crippen LogP contribution is -2.62. The van der Waals surface area contributed by atoms with Gasteiger partial charge in [-0.2, -0.15) is 0 Å². The van der Waals surface area contributed by atoms with Crippen molar-refractivity contribution in [3.63, 3.8) is 0 Å². The standard InChI is InChI=1S/C30H46N4O2/c1-22-10-9-11-24-18-25(32-27(22)24)29(35)33-26(20-34-14-16-36-17-15-34)28-23(2)19-30(21-31-28)12-7-5-3-4-6-8-13-30/h9-11,18,23,26,28,31-32H,3-8,12-17,19-21H2,1-2H3,(H,33,35). The number of ether oxygens (including phenoxy) is 1. The summed E-state index contributed by atoms with van der Waals surface area (Å²) in [7, 11) is 0. The van der Waals surface area contributed by atoms with Crippen LogP contribution >= 0.6 is 0 Å². The van der Waals surface area contributed by atoms with Crippen LogP contribution in [0.2, 0.25) is 0 Å². The fraction of sp³-hybridized carbons (Fsp3) is 0.700. The molecule has 6 nitrogen and oxygen atoms in total. The molecule has 36 heavy (non-hydrogen) atoms. The number of carbonyl (C=O) groups is 1. The third-order valence-electron chi connectivity index (χ3n) is 9.16. The first kappa shape index (κ1) is 25.7. The van der Waals surface area contributed by atoms with Crippen molar-refractivity contribution in [2.24, 2.45) is 11.3 Å². The lowest BCUT2D eigenvalue weighted by atomic mass is 9.67. The second kappa shape index (κ2) is 11.7. The molecule has 3 N–H and O–H groups in total. The summed E-state index contributed by atoms with van der Waals surface area (Å²) in [5, 5.41) is 8.56. The van der Waals surface area contributed by atoms with Crippen LogP contribution in [0, 0.1) is 18.3 Å². The lowest BCUT2D eigenvalue weighted by molar-refractivity contribution is 0.0231. The minimum Gasteiger partial charge on any atom is -0.379 e. The number of carbonyl (C=O) groups excluding carboxylic acids is 1. The first-order valence-electron chi connectivity index (χ1n) is 14.5. The first-order chi connectivity index (χ1) is 17.5. The van der Waals surface area contributed by atoms with Crippen LogP contribution in [0.15, 0.2) is 24.3 Å². The molecule has 1 aromatic heterocycles. The van der Waals surface area contributed by atoms with Crippen LogP contribution in [0.1, 0.15) is 80.8 Å². The predicted molar refractivity (Wildman–Crippen MR) is 146 cm³/mol. The molecular weight excluding hydrogens is 448 g/mol. The number of nitrogens with one attached hydrogen (secondary N) is 3. The van der Waals surface area contributed by atoms with Gasteiger partial charge in [0, 0.05) is 43.1 Å². The monoisotopic (exact) mass is 494 g/mol. The van der Waals surface area contributed by atoms with Crippen LogP contribution in [0.5, 0.6) is 0 Å². The van der Waals surface area contributed by atoms with Gasteiger partial charge in [0.15, 0.2) is 0 Å². The molecule has 1 amide bonds. The maximum absolute atomic E-state index is 13.5. The number of hydrogen-bond acceptors (Lipinski definition) is 4. The van der Waals surface area contributed by atoms with E-state index in [-0.39, 0.29) is 18.0 Å². The van der Waals surface area contributed by atoms with Crippen molar-refractivity contribution >= 4 is 16.8 Å². The van der Waals surface area contributed by atoms with Gasteiger partial charge in [-0.25, -0.2) is 0 Å². The molecule has 0 bridgehead atoms. The summed E-state index contributed by atoms with van der Waals surface area (Å²) in [6, 6.07) is 8.54. The Hall–Kier alpha value is -1.89. The Morgan fingerprint density at radius 1 is 1.14 bits per heavy atom. The molecule has 198 valence electrons. The number of morpholine rings is 1. The van der Waals surface area contributed by atoms with Gasteiger partial charge >= 0.3 is 0 Å². The molecule has 3 aliphatic rings. The number of benzene rings is 1. The van der Waals surface area contributed by atoms with Crippen molar-refractivity contribution in [2.75, 3.05) is 39.4 Å². The highest BCUT2D eigenvalue weighted by Crippen LogP contribution is 2.42. The molecule has 3 atom stereocenters. The second-order valence-electron chi connectivity index (χ2n) is 11.9. The summed E-state index contributed by atoms with van der Waals surface area (Å²) in [6.07, 6.45) is 12.3. The van der Waals surface area contributed by atoms with Crippen LogP contribution in [-0.2, 0) is 4.74 Å². The summed E-state index contributed by atoms with van der Waals surface area (Å²) < 4.78 is 5.60. The third kappa shape index (κ3) is 5.98. The summed E-state index contributed by atoms with van der Waals surface area (Å²) in [4.78, 5) is 19.4. The van der Waals surface area contributed by atoms with Gasteiger partial charge < -0.3 is 20.4 Å². The zero-order valence-electron chi connectivity index (χ0n) is 22.4. The largest absolute Gasteiger partial charge is 0.379 e. The molecule has 5 rings (SSSR count). The molecule has 2 aliphatic heterocycles. The number of para-hydroxylation sites is 1. The van der Waals surface area contributed by atoms with E-state index in [9.17, 15) is 4.79 Å². The highest BCUT2D eigenvalue weighted by Gasteiger charge is 2.41. The predicted octanol–water partition coefficient (Wildman–Crippen LogP) is 5.03. The molecule has 3 unspecified atom stereocenters. The van der Waals surface area contributed by atoms with Crippen LogP contribution < -0.4 is 10.6 Å². The van der Waals surface area contributed by atoms with Crippen molar-refractivity contribution in [3.8, 4) is 0 Å². The zero-order valence-corrected chi connectivity index (χ0v) is 22.4.